The molecule has 8 heteroatoms. The number of fused-ring (bicyclic) bond motifs is 1. The number of nitrogens with one attached hydrogen (secondary N) is 2. The normalized spacial score (nSPS) is 16.0. The van der Waals surface area contributed by atoms with E-state index >= 15 is 0 Å². The van der Waals surface area contributed by atoms with E-state index in [1.54, 1.807) is 12.0 Å². The van der Waals surface area contributed by atoms with Crippen molar-refractivity contribution < 1.29 is 9.53 Å². The Labute approximate surface area is 219 Å². The van der Waals surface area contributed by atoms with E-state index in [4.69, 9.17) is 21.9 Å². The van der Waals surface area contributed by atoms with Gasteiger partial charge in [-0.2, -0.15) is 0 Å². The average molecular weight is 508 g/mol. The van der Waals surface area contributed by atoms with E-state index in [1.807, 2.05) is 79.1 Å². The lowest BCUT2D eigenvalue weighted by Gasteiger charge is -2.41. The number of hydrogen-bond acceptors (Lipinski definition) is 4. The number of aromatic nitrogens is 3. The predicted molar refractivity (Wildman–Crippen MR) is 148 cm³/mol. The van der Waals surface area contributed by atoms with Gasteiger partial charge in [-0.15, -0.1) is 0 Å². The van der Waals surface area contributed by atoms with Crippen molar-refractivity contribution in [2.45, 2.75) is 19.0 Å². The molecular weight excluding hydrogens is 482 g/mol. The highest BCUT2D eigenvalue weighted by Gasteiger charge is 2.39. The number of hydrogen-bond donors (Lipinski definition) is 2. The molecule has 37 heavy (non-hydrogen) atoms. The van der Waals surface area contributed by atoms with Crippen LogP contribution in [0, 0.1) is 0 Å². The maximum atomic E-state index is 13.5. The number of benzene rings is 3. The van der Waals surface area contributed by atoms with E-state index in [9.17, 15) is 4.79 Å². The van der Waals surface area contributed by atoms with Crippen molar-refractivity contribution in [1.29, 1.82) is 0 Å². The highest BCUT2D eigenvalue weighted by molar-refractivity contribution is 7.80. The van der Waals surface area contributed by atoms with Gasteiger partial charge < -0.3 is 19.6 Å². The Morgan fingerprint density at radius 2 is 1.73 bits per heavy atom. The molecule has 0 bridgehead atoms. The summed E-state index contributed by atoms with van der Waals surface area (Å²) in [6.07, 6.45) is 4.13. The summed E-state index contributed by atoms with van der Waals surface area (Å²) in [5.74, 6) is 1.36. The molecule has 0 spiro atoms. The molecule has 1 saturated heterocycles. The first-order chi connectivity index (χ1) is 18.1. The molecule has 6 rings (SSSR count). The number of nitrogens with zero attached hydrogens (tertiary/aromatic N) is 3. The summed E-state index contributed by atoms with van der Waals surface area (Å²) < 4.78 is 5.29. The number of aromatic amines is 2. The minimum atomic E-state index is -0.333. The highest BCUT2D eigenvalue weighted by Crippen LogP contribution is 2.36. The molecule has 1 fully saturated rings. The maximum absolute atomic E-state index is 13.5. The Hall–Kier alpha value is -4.43. The van der Waals surface area contributed by atoms with E-state index in [1.165, 1.54) is 0 Å². The summed E-state index contributed by atoms with van der Waals surface area (Å²) in [5.41, 5.74) is 4.71. The molecule has 0 saturated carbocycles. The number of rotatable bonds is 6. The van der Waals surface area contributed by atoms with E-state index < -0.39 is 0 Å². The monoisotopic (exact) mass is 507 g/mol. The average Bonchev–Trinajstić information content (AvgIpc) is 3.59. The fourth-order valence-corrected chi connectivity index (χ4v) is 5.25. The summed E-state index contributed by atoms with van der Waals surface area (Å²) in [5, 5.41) is 1.57. The van der Waals surface area contributed by atoms with Crippen molar-refractivity contribution in [1.82, 2.24) is 19.9 Å². The lowest BCUT2D eigenvalue weighted by Crippen LogP contribution is -2.53. The Balaban J connectivity index is 1.39. The minimum absolute atomic E-state index is 0.0759. The fourth-order valence-electron chi connectivity index (χ4n) is 4.85. The Morgan fingerprint density at radius 3 is 2.51 bits per heavy atom. The van der Waals surface area contributed by atoms with Crippen molar-refractivity contribution in [2.75, 3.05) is 12.0 Å². The van der Waals surface area contributed by atoms with E-state index in [2.05, 4.69) is 27.0 Å². The Bertz CT molecular complexity index is 1570. The first kappa shape index (κ1) is 23.0. The van der Waals surface area contributed by atoms with Gasteiger partial charge in [-0.25, -0.2) is 4.98 Å². The lowest BCUT2D eigenvalue weighted by molar-refractivity contribution is -0.119. The van der Waals surface area contributed by atoms with Gasteiger partial charge in [0.1, 0.15) is 11.6 Å². The molecule has 7 nitrogen and oxygen atoms in total. The van der Waals surface area contributed by atoms with Crippen LogP contribution in [0.25, 0.3) is 22.2 Å². The van der Waals surface area contributed by atoms with Crippen LogP contribution in [0.3, 0.4) is 0 Å². The second kappa shape index (κ2) is 9.55. The van der Waals surface area contributed by atoms with Crippen LogP contribution in [0.2, 0.25) is 0 Å². The molecule has 3 aromatic carbocycles. The van der Waals surface area contributed by atoms with Gasteiger partial charge in [0.15, 0.2) is 5.11 Å². The number of amides is 1. The molecule has 184 valence electrons. The first-order valence-electron chi connectivity index (χ1n) is 12.1. The molecule has 1 aliphatic rings. The van der Waals surface area contributed by atoms with Crippen LogP contribution in [0.4, 0.5) is 5.69 Å². The molecule has 1 aliphatic heterocycles. The third kappa shape index (κ3) is 4.25. The van der Waals surface area contributed by atoms with Gasteiger partial charge in [-0.3, -0.25) is 9.69 Å². The van der Waals surface area contributed by atoms with Crippen LogP contribution in [0.15, 0.2) is 91.3 Å². The van der Waals surface area contributed by atoms with Crippen molar-refractivity contribution in [3.63, 3.8) is 0 Å². The SMILES string of the molecule is COc1ccc(N2C(=O)C[C@@H](c3nc(-c4ccccc4)c[nH]3)N(Cc3c[nH]c4ccccc34)C2=S)cc1. The van der Waals surface area contributed by atoms with Gasteiger partial charge in [-0.1, -0.05) is 48.5 Å². The number of anilines is 1. The zero-order valence-electron chi connectivity index (χ0n) is 20.2. The molecule has 3 heterocycles. The second-order valence-corrected chi connectivity index (χ2v) is 9.32. The molecule has 0 radical (unpaired) electrons. The molecule has 0 unspecified atom stereocenters. The molecule has 0 aliphatic carbocycles. The Morgan fingerprint density at radius 1 is 0.973 bits per heavy atom. The number of thiocarbonyl (C=S) groups is 1. The lowest BCUT2D eigenvalue weighted by atomic mass is 10.1. The summed E-state index contributed by atoms with van der Waals surface area (Å²) >= 11 is 5.99. The summed E-state index contributed by atoms with van der Waals surface area (Å²) in [6.45, 7) is 0.523. The van der Waals surface area contributed by atoms with Crippen molar-refractivity contribution in [2.24, 2.45) is 0 Å². The molecule has 1 atom stereocenters. The van der Waals surface area contributed by atoms with Crippen LogP contribution < -0.4 is 9.64 Å². The zero-order valence-corrected chi connectivity index (χ0v) is 21.0. The molecule has 2 aromatic heterocycles. The zero-order chi connectivity index (χ0) is 25.4. The number of ether oxygens (including phenoxy) is 1. The third-order valence-corrected chi connectivity index (χ3v) is 7.18. The van der Waals surface area contributed by atoms with Crippen molar-refractivity contribution >= 4 is 39.8 Å². The predicted octanol–water partition coefficient (Wildman–Crippen LogP) is 5.83. The number of carbonyl (C=O) groups is 1. The largest absolute Gasteiger partial charge is 0.497 e. The second-order valence-electron chi connectivity index (χ2n) is 8.95. The highest BCUT2D eigenvalue weighted by atomic mass is 32.1. The van der Waals surface area contributed by atoms with E-state index in [0.29, 0.717) is 23.2 Å². The topological polar surface area (TPSA) is 77.2 Å². The van der Waals surface area contributed by atoms with Gasteiger partial charge in [-0.05, 0) is 48.1 Å². The smallest absolute Gasteiger partial charge is 0.235 e. The maximum Gasteiger partial charge on any atom is 0.235 e. The van der Waals surface area contributed by atoms with Gasteiger partial charge in [0.2, 0.25) is 5.91 Å². The van der Waals surface area contributed by atoms with Crippen LogP contribution >= 0.6 is 12.2 Å². The van der Waals surface area contributed by atoms with Gasteiger partial charge in [0.25, 0.3) is 0 Å². The number of para-hydroxylation sites is 1. The van der Waals surface area contributed by atoms with Crippen LogP contribution in [0.1, 0.15) is 23.9 Å². The van der Waals surface area contributed by atoms with Gasteiger partial charge >= 0.3 is 0 Å². The third-order valence-electron chi connectivity index (χ3n) is 6.76. The molecule has 2 N–H and O–H groups in total. The summed E-state index contributed by atoms with van der Waals surface area (Å²) in [6, 6.07) is 25.2. The number of H-pyrrole nitrogens is 2. The number of carbonyl (C=O) groups excluding carboxylic acids is 1. The van der Waals surface area contributed by atoms with Gasteiger partial charge in [0.05, 0.1) is 31.0 Å². The quantitative estimate of drug-likeness (QED) is 0.283. The molecule has 5 aromatic rings. The van der Waals surface area contributed by atoms with Gasteiger partial charge in [0, 0.05) is 35.4 Å². The van der Waals surface area contributed by atoms with Crippen LogP contribution in [0.5, 0.6) is 5.75 Å². The fraction of sp³-hybridized carbons (Fsp3) is 0.138. The molecular formula is C29H25N5O2S. The van der Waals surface area contributed by atoms with Crippen LogP contribution in [-0.2, 0) is 11.3 Å². The van der Waals surface area contributed by atoms with E-state index in [-0.39, 0.29) is 18.4 Å². The Kier molecular flexibility index (Phi) is 5.94. The number of imidazole rings is 1. The first-order valence-corrected chi connectivity index (χ1v) is 12.5. The number of methoxy groups -OCH3 is 1. The van der Waals surface area contributed by atoms with E-state index in [0.717, 1.165) is 33.5 Å². The standard InChI is InChI=1S/C29H25N5O2S/c1-36-22-13-11-21(12-14-22)34-27(35)15-26(28-31-17-25(32-28)19-7-3-2-4-8-19)33(29(34)37)18-20-16-30-24-10-6-5-9-23(20)24/h2-14,16-17,26,30H,15,18H2,1H3,(H,31,32)/t26-/m0/s1. The summed E-state index contributed by atoms with van der Waals surface area (Å²) in [7, 11) is 1.62. The van der Waals surface area contributed by atoms with Crippen molar-refractivity contribution in [3.8, 4) is 17.0 Å². The van der Waals surface area contributed by atoms with Crippen molar-refractivity contribution in [3.05, 3.63) is 103 Å². The minimum Gasteiger partial charge on any atom is -0.497 e. The van der Waals surface area contributed by atoms with Crippen LogP contribution in [-0.4, -0.2) is 38.0 Å². The molecule has 1 amide bonds. The summed E-state index contributed by atoms with van der Waals surface area (Å²) in [4.78, 5) is 28.8.